The predicted molar refractivity (Wildman–Crippen MR) is 47.9 cm³/mol. The summed E-state index contributed by atoms with van der Waals surface area (Å²) in [6, 6.07) is 0. The van der Waals surface area contributed by atoms with Crippen LogP contribution in [0.5, 0.6) is 0 Å². The molecule has 0 saturated heterocycles. The Balaban J connectivity index is 0. The summed E-state index contributed by atoms with van der Waals surface area (Å²) in [6.07, 6.45) is -22.0. The van der Waals surface area contributed by atoms with E-state index < -0.39 is 33.4 Å². The van der Waals surface area contributed by atoms with Crippen molar-refractivity contribution >= 4 is 34.1 Å². The lowest BCUT2D eigenvalue weighted by Gasteiger charge is -2.35. The van der Waals surface area contributed by atoms with Gasteiger partial charge in [0.15, 0.2) is 0 Å². The molecule has 0 aromatic carbocycles. The van der Waals surface area contributed by atoms with Crippen molar-refractivity contribution < 1.29 is 52.5 Å². The fourth-order valence-corrected chi connectivity index (χ4v) is 1.80. The summed E-state index contributed by atoms with van der Waals surface area (Å²) in [5, 5.41) is 0. The Kier molecular flexibility index (Phi) is 5.47. The van der Waals surface area contributed by atoms with Crippen LogP contribution in [-0.4, -0.2) is 36.2 Å². The molecule has 0 aromatic rings. The number of hydrogen-bond donors (Lipinski definition) is 1. The van der Waals surface area contributed by atoms with Gasteiger partial charge in [-0.15, -0.1) is 24.0 Å². The third-order valence-electron chi connectivity index (χ3n) is 1.58. The van der Waals surface area contributed by atoms with Gasteiger partial charge in [0.25, 0.3) is 10.1 Å². The smallest absolute Gasteiger partial charge is 0.284 e. The second kappa shape index (κ2) is 4.84. The van der Waals surface area contributed by atoms with E-state index in [9.17, 15) is 47.9 Å². The number of halogens is 10. The van der Waals surface area contributed by atoms with Crippen molar-refractivity contribution in [2.45, 2.75) is 23.3 Å². The van der Waals surface area contributed by atoms with E-state index in [1.165, 1.54) is 0 Å². The third-order valence-corrected chi connectivity index (χ3v) is 3.05. The molecule has 0 heterocycles. The molecule has 0 fully saturated rings. The molecule has 0 aliphatic rings. The average molecular weight is 428 g/mol. The van der Waals surface area contributed by atoms with Gasteiger partial charge in [-0.2, -0.15) is 47.9 Å². The van der Waals surface area contributed by atoms with Gasteiger partial charge in [-0.25, -0.2) is 0 Å². The first-order valence-corrected chi connectivity index (χ1v) is 4.61. The van der Waals surface area contributed by atoms with E-state index in [2.05, 4.69) is 0 Å². The van der Waals surface area contributed by atoms with Gasteiger partial charge in [0.2, 0.25) is 0 Å². The fourth-order valence-electron chi connectivity index (χ4n) is 0.921. The van der Waals surface area contributed by atoms with Crippen LogP contribution in [-0.2, 0) is 10.1 Å². The minimum atomic E-state index is -7.57. The van der Waals surface area contributed by atoms with Crippen LogP contribution in [0.3, 0.4) is 0 Å². The minimum absolute atomic E-state index is 0. The predicted octanol–water partition coefficient (Wildman–Crippen LogP) is 2.92. The quantitative estimate of drug-likeness (QED) is 0.397. The van der Waals surface area contributed by atoms with E-state index in [-0.39, 0.29) is 24.0 Å². The lowest BCUT2D eigenvalue weighted by molar-refractivity contribution is -0.349. The Morgan fingerprint density at radius 1 is 0.667 bits per heavy atom. The normalized spacial score (nSPS) is 15.2. The standard InChI is InChI=1S/C4HF9O3S.HI/c5-2(6,7)1(3(8,9)10,4(11,12)13)17(14,15)16;/h(H,14,15,16);1H. The molecule has 0 spiro atoms. The van der Waals surface area contributed by atoms with Crippen molar-refractivity contribution in [1.29, 1.82) is 0 Å². The van der Waals surface area contributed by atoms with Gasteiger partial charge in [-0.1, -0.05) is 0 Å². The van der Waals surface area contributed by atoms with Gasteiger partial charge >= 0.3 is 23.3 Å². The van der Waals surface area contributed by atoms with Gasteiger partial charge in [0.05, 0.1) is 0 Å². The number of alkyl halides is 9. The minimum Gasteiger partial charge on any atom is -0.284 e. The first-order chi connectivity index (χ1) is 7.00. The molecule has 0 bridgehead atoms. The molecule has 0 amide bonds. The molecule has 0 rings (SSSR count). The molecule has 3 nitrogen and oxygen atoms in total. The highest BCUT2D eigenvalue weighted by molar-refractivity contribution is 14.0. The zero-order chi connectivity index (χ0) is 14.5. The summed E-state index contributed by atoms with van der Waals surface area (Å²) in [5.41, 5.74) is 0. The lowest BCUT2D eigenvalue weighted by Crippen LogP contribution is -2.70. The van der Waals surface area contributed by atoms with Gasteiger partial charge < -0.3 is 0 Å². The molecule has 0 aromatic heterocycles. The molecule has 0 aliphatic heterocycles. The van der Waals surface area contributed by atoms with Crippen molar-refractivity contribution in [3.63, 3.8) is 0 Å². The zero-order valence-corrected chi connectivity index (χ0v) is 10.6. The van der Waals surface area contributed by atoms with E-state index in [0.717, 1.165) is 0 Å². The lowest BCUT2D eigenvalue weighted by atomic mass is 10.1. The Hall–Kier alpha value is 0.01000. The van der Waals surface area contributed by atoms with Gasteiger partial charge in [-0.3, -0.25) is 4.55 Å². The monoisotopic (exact) mass is 428 g/mol. The second-order valence-corrected chi connectivity index (χ2v) is 4.21. The SMILES string of the molecule is I.O=S(=O)(O)C(C(F)(F)F)(C(F)(F)F)C(F)(F)F. The van der Waals surface area contributed by atoms with E-state index in [0.29, 0.717) is 0 Å². The molecule has 0 aliphatic carbocycles. The van der Waals surface area contributed by atoms with Crippen LogP contribution in [0.25, 0.3) is 0 Å². The van der Waals surface area contributed by atoms with Crippen molar-refractivity contribution in [3.8, 4) is 0 Å². The van der Waals surface area contributed by atoms with Crippen LogP contribution in [0.2, 0.25) is 0 Å². The molecular formula is C4H2F9IO3S. The highest BCUT2D eigenvalue weighted by atomic mass is 127. The van der Waals surface area contributed by atoms with Crippen LogP contribution in [0.4, 0.5) is 39.5 Å². The van der Waals surface area contributed by atoms with E-state index in [4.69, 9.17) is 4.55 Å². The maximum Gasteiger partial charge on any atom is 0.428 e. The van der Waals surface area contributed by atoms with Gasteiger partial charge in [0, 0.05) is 0 Å². The maximum atomic E-state index is 11.9. The average Bonchev–Trinajstić information content (AvgIpc) is 1.67. The molecule has 0 unspecified atom stereocenters. The van der Waals surface area contributed by atoms with Crippen molar-refractivity contribution in [1.82, 2.24) is 0 Å². The van der Waals surface area contributed by atoms with Gasteiger partial charge in [0.1, 0.15) is 0 Å². The summed E-state index contributed by atoms with van der Waals surface area (Å²) in [7, 11) is -7.57. The first-order valence-electron chi connectivity index (χ1n) is 3.17. The third kappa shape index (κ3) is 2.78. The van der Waals surface area contributed by atoms with Crippen LogP contribution in [0, 0.1) is 0 Å². The Morgan fingerprint density at radius 3 is 0.833 bits per heavy atom. The molecule has 1 N–H and O–H groups in total. The Labute approximate surface area is 110 Å². The molecule has 0 radical (unpaired) electrons. The van der Waals surface area contributed by atoms with Crippen LogP contribution < -0.4 is 0 Å². The highest BCUT2D eigenvalue weighted by Crippen LogP contribution is 2.56. The molecule has 14 heteroatoms. The Morgan fingerprint density at radius 2 is 0.833 bits per heavy atom. The molecular weight excluding hydrogens is 426 g/mol. The second-order valence-electron chi connectivity index (χ2n) is 2.65. The fraction of sp³-hybridized carbons (Fsp3) is 1.00. The van der Waals surface area contributed by atoms with Crippen molar-refractivity contribution in [2.75, 3.05) is 0 Å². The van der Waals surface area contributed by atoms with Crippen LogP contribution in [0.15, 0.2) is 0 Å². The molecule has 18 heavy (non-hydrogen) atoms. The maximum absolute atomic E-state index is 11.9. The topological polar surface area (TPSA) is 54.4 Å². The highest BCUT2D eigenvalue weighted by Gasteiger charge is 2.91. The summed E-state index contributed by atoms with van der Waals surface area (Å²) < 4.78 is 127. The number of rotatable bonds is 1. The van der Waals surface area contributed by atoms with E-state index in [1.807, 2.05) is 0 Å². The first kappa shape index (κ1) is 20.3. The Bertz CT molecular complexity index is 353. The van der Waals surface area contributed by atoms with Crippen LogP contribution in [0.1, 0.15) is 0 Å². The van der Waals surface area contributed by atoms with E-state index >= 15 is 0 Å². The van der Waals surface area contributed by atoms with Crippen molar-refractivity contribution in [2.24, 2.45) is 0 Å². The van der Waals surface area contributed by atoms with E-state index in [1.54, 1.807) is 0 Å². The summed E-state index contributed by atoms with van der Waals surface area (Å²) in [5.74, 6) is 0. The number of hydrogen-bond acceptors (Lipinski definition) is 2. The van der Waals surface area contributed by atoms with Gasteiger partial charge in [-0.05, 0) is 0 Å². The summed E-state index contributed by atoms with van der Waals surface area (Å²) >= 11 is 0. The summed E-state index contributed by atoms with van der Waals surface area (Å²) in [6.45, 7) is 0. The molecule has 112 valence electrons. The largest absolute Gasteiger partial charge is 0.428 e. The molecule has 0 atom stereocenters. The zero-order valence-electron chi connectivity index (χ0n) is 7.48. The summed E-state index contributed by atoms with van der Waals surface area (Å²) in [4.78, 5) is 0. The van der Waals surface area contributed by atoms with Crippen LogP contribution >= 0.6 is 24.0 Å². The van der Waals surface area contributed by atoms with Crippen molar-refractivity contribution in [3.05, 3.63) is 0 Å². The molecule has 0 saturated carbocycles.